The Morgan fingerprint density at radius 1 is 1.23 bits per heavy atom. The van der Waals surface area contributed by atoms with E-state index in [1.807, 2.05) is 0 Å². The van der Waals surface area contributed by atoms with Crippen molar-refractivity contribution in [3.63, 3.8) is 0 Å². The summed E-state index contributed by atoms with van der Waals surface area (Å²) in [5.41, 5.74) is 6.50. The molecule has 4 rings (SSSR count). The molecule has 2 aliphatic heterocycles. The fourth-order valence-electron chi connectivity index (χ4n) is 6.20. The SMILES string of the molecule is C[C@H](CC[C@@H]1[C@H](C)c2cc(C(F)(F)F)ccc2N[C@H]1C1C=CC=CC1)CN1CCC(C(N)=O)CC1. The van der Waals surface area contributed by atoms with Crippen LogP contribution >= 0.6 is 0 Å². The van der Waals surface area contributed by atoms with Crippen molar-refractivity contribution < 1.29 is 18.0 Å². The maximum Gasteiger partial charge on any atom is 0.416 e. The Hall–Kier alpha value is -2.28. The number of primary amides is 1. The molecule has 3 aliphatic rings. The first-order chi connectivity index (χ1) is 16.6. The molecule has 3 N–H and O–H groups in total. The fraction of sp³-hybridized carbons (Fsp3) is 0.607. The Bertz CT molecular complexity index is 949. The minimum atomic E-state index is -4.34. The van der Waals surface area contributed by atoms with Crippen LogP contribution in [-0.2, 0) is 11.0 Å². The van der Waals surface area contributed by atoms with Crippen LogP contribution in [0.4, 0.5) is 18.9 Å². The molecular weight excluding hydrogens is 451 g/mol. The molecule has 35 heavy (non-hydrogen) atoms. The number of fused-ring (bicyclic) bond motifs is 1. The van der Waals surface area contributed by atoms with E-state index in [-0.39, 0.29) is 29.7 Å². The quantitative estimate of drug-likeness (QED) is 0.497. The summed E-state index contributed by atoms with van der Waals surface area (Å²) in [5, 5.41) is 3.64. The van der Waals surface area contributed by atoms with E-state index in [0.717, 1.165) is 63.0 Å². The van der Waals surface area contributed by atoms with E-state index in [1.54, 1.807) is 6.07 Å². The monoisotopic (exact) mass is 489 g/mol. The highest BCUT2D eigenvalue weighted by Crippen LogP contribution is 2.46. The predicted molar refractivity (Wildman–Crippen MR) is 134 cm³/mol. The van der Waals surface area contributed by atoms with Crippen molar-refractivity contribution in [1.29, 1.82) is 0 Å². The van der Waals surface area contributed by atoms with Crippen molar-refractivity contribution in [3.8, 4) is 0 Å². The van der Waals surface area contributed by atoms with Gasteiger partial charge in [-0.1, -0.05) is 38.2 Å². The molecule has 1 aliphatic carbocycles. The number of hydrogen-bond acceptors (Lipinski definition) is 3. The first-order valence-corrected chi connectivity index (χ1v) is 13.0. The summed E-state index contributed by atoms with van der Waals surface area (Å²) in [6, 6.07) is 4.34. The summed E-state index contributed by atoms with van der Waals surface area (Å²) in [7, 11) is 0. The normalized spacial score (nSPS) is 28.4. The second-order valence-electron chi connectivity index (χ2n) is 10.8. The standard InChI is InChI=1S/C28H38F3N3O/c1-18(17-34-14-12-21(13-15-34)27(32)35)8-10-23-19(2)24-16-22(28(29,30)31)9-11-25(24)33-26(23)20-6-4-3-5-7-20/h3-6,9,11,16,18-21,23,26,33H,7-8,10,12-15,17H2,1-2H3,(H2,32,35)/t18-,19+,20?,23-,26+/m1/s1. The third-order valence-electron chi connectivity index (χ3n) is 8.32. The predicted octanol–water partition coefficient (Wildman–Crippen LogP) is 5.97. The van der Waals surface area contributed by atoms with Gasteiger partial charge in [0.1, 0.15) is 0 Å². The first kappa shape index (κ1) is 25.8. The van der Waals surface area contributed by atoms with Gasteiger partial charge in [0.25, 0.3) is 0 Å². The lowest BCUT2D eigenvalue weighted by atomic mass is 9.70. The molecule has 1 saturated heterocycles. The van der Waals surface area contributed by atoms with Crippen molar-refractivity contribution in [3.05, 3.63) is 53.6 Å². The molecule has 1 aromatic rings. The molecule has 0 spiro atoms. The largest absolute Gasteiger partial charge is 0.416 e. The molecule has 5 atom stereocenters. The highest BCUT2D eigenvalue weighted by atomic mass is 19.4. The van der Waals surface area contributed by atoms with Gasteiger partial charge in [-0.2, -0.15) is 13.2 Å². The zero-order valence-electron chi connectivity index (χ0n) is 20.7. The van der Waals surface area contributed by atoms with E-state index in [9.17, 15) is 18.0 Å². The van der Waals surface area contributed by atoms with Gasteiger partial charge in [0.15, 0.2) is 0 Å². The zero-order chi connectivity index (χ0) is 25.2. The summed E-state index contributed by atoms with van der Waals surface area (Å²) in [6.45, 7) is 7.13. The number of carbonyl (C=O) groups excluding carboxylic acids is 1. The molecule has 0 aromatic heterocycles. The molecular formula is C28H38F3N3O. The van der Waals surface area contributed by atoms with Crippen molar-refractivity contribution in [2.75, 3.05) is 25.0 Å². The van der Waals surface area contributed by atoms with Gasteiger partial charge < -0.3 is 16.0 Å². The van der Waals surface area contributed by atoms with Gasteiger partial charge in [-0.3, -0.25) is 4.79 Å². The van der Waals surface area contributed by atoms with Crippen LogP contribution in [0.2, 0.25) is 0 Å². The Kier molecular flexibility index (Phi) is 7.94. The van der Waals surface area contributed by atoms with E-state index < -0.39 is 11.7 Å². The molecule has 0 saturated carbocycles. The Balaban J connectivity index is 1.45. The zero-order valence-corrected chi connectivity index (χ0v) is 20.7. The molecule has 7 heteroatoms. The highest BCUT2D eigenvalue weighted by molar-refractivity contribution is 5.76. The molecule has 2 heterocycles. The summed E-state index contributed by atoms with van der Waals surface area (Å²) in [6.07, 6.45) is 8.79. The van der Waals surface area contributed by atoms with Crippen LogP contribution < -0.4 is 11.1 Å². The van der Waals surface area contributed by atoms with Gasteiger partial charge in [0, 0.05) is 30.1 Å². The number of nitrogens with zero attached hydrogens (tertiary/aromatic N) is 1. The average molecular weight is 490 g/mol. The molecule has 4 nitrogen and oxygen atoms in total. The number of halogens is 3. The van der Waals surface area contributed by atoms with Crippen LogP contribution in [-0.4, -0.2) is 36.5 Å². The number of benzene rings is 1. The average Bonchev–Trinajstić information content (AvgIpc) is 2.83. The van der Waals surface area contributed by atoms with Crippen LogP contribution in [0.15, 0.2) is 42.5 Å². The number of amides is 1. The number of carbonyl (C=O) groups is 1. The summed E-state index contributed by atoms with van der Waals surface area (Å²) >= 11 is 0. The maximum atomic E-state index is 13.4. The van der Waals surface area contributed by atoms with Gasteiger partial charge >= 0.3 is 6.18 Å². The summed E-state index contributed by atoms with van der Waals surface area (Å²) in [5.74, 6) is 0.883. The van der Waals surface area contributed by atoms with Gasteiger partial charge in [-0.05, 0) is 86.7 Å². The number of alkyl halides is 3. The smallest absolute Gasteiger partial charge is 0.381 e. The lowest BCUT2D eigenvalue weighted by Gasteiger charge is -2.43. The van der Waals surface area contributed by atoms with Crippen molar-refractivity contribution in [2.24, 2.45) is 29.4 Å². The third-order valence-corrected chi connectivity index (χ3v) is 8.32. The lowest BCUT2D eigenvalue weighted by molar-refractivity contribution is -0.137. The van der Waals surface area contributed by atoms with Gasteiger partial charge in [-0.25, -0.2) is 0 Å². The number of piperidine rings is 1. The Labute approximate surface area is 206 Å². The van der Waals surface area contributed by atoms with Crippen LogP contribution in [0, 0.1) is 23.7 Å². The fourth-order valence-corrected chi connectivity index (χ4v) is 6.20. The van der Waals surface area contributed by atoms with E-state index in [4.69, 9.17) is 5.73 Å². The summed E-state index contributed by atoms with van der Waals surface area (Å²) < 4.78 is 40.3. The van der Waals surface area contributed by atoms with Crippen LogP contribution in [0.25, 0.3) is 0 Å². The van der Waals surface area contributed by atoms with Crippen molar-refractivity contribution in [1.82, 2.24) is 4.90 Å². The number of hydrogen-bond donors (Lipinski definition) is 2. The molecule has 1 unspecified atom stereocenters. The van der Waals surface area contributed by atoms with Crippen molar-refractivity contribution in [2.45, 2.75) is 64.1 Å². The second-order valence-corrected chi connectivity index (χ2v) is 10.8. The van der Waals surface area contributed by atoms with E-state index in [1.165, 1.54) is 12.1 Å². The van der Waals surface area contributed by atoms with E-state index in [0.29, 0.717) is 11.8 Å². The second kappa shape index (κ2) is 10.8. The topological polar surface area (TPSA) is 58.4 Å². The van der Waals surface area contributed by atoms with Crippen LogP contribution in [0.5, 0.6) is 0 Å². The number of likely N-dealkylation sites (tertiary alicyclic amines) is 1. The van der Waals surface area contributed by atoms with Crippen molar-refractivity contribution >= 4 is 11.6 Å². The molecule has 192 valence electrons. The minimum absolute atomic E-state index is 0.00395. The number of nitrogens with one attached hydrogen (secondary N) is 1. The number of anilines is 1. The van der Waals surface area contributed by atoms with Crippen LogP contribution in [0.1, 0.15) is 63.0 Å². The summed E-state index contributed by atoms with van der Waals surface area (Å²) in [4.78, 5) is 13.9. The lowest BCUT2D eigenvalue weighted by Crippen LogP contribution is -2.43. The minimum Gasteiger partial charge on any atom is -0.381 e. The highest BCUT2D eigenvalue weighted by Gasteiger charge is 2.39. The Morgan fingerprint density at radius 2 is 1.97 bits per heavy atom. The molecule has 0 radical (unpaired) electrons. The van der Waals surface area contributed by atoms with E-state index in [2.05, 4.69) is 48.4 Å². The first-order valence-electron chi connectivity index (χ1n) is 13.0. The Morgan fingerprint density at radius 3 is 2.60 bits per heavy atom. The van der Waals surface area contributed by atoms with E-state index >= 15 is 0 Å². The molecule has 1 amide bonds. The number of allylic oxidation sites excluding steroid dienone is 3. The van der Waals surface area contributed by atoms with Gasteiger partial charge in [0.2, 0.25) is 5.91 Å². The molecule has 1 fully saturated rings. The molecule has 0 bridgehead atoms. The maximum absolute atomic E-state index is 13.4. The van der Waals surface area contributed by atoms with Gasteiger partial charge in [0.05, 0.1) is 5.56 Å². The van der Waals surface area contributed by atoms with Crippen LogP contribution in [0.3, 0.4) is 0 Å². The van der Waals surface area contributed by atoms with Gasteiger partial charge in [-0.15, -0.1) is 0 Å². The molecule has 1 aromatic carbocycles. The number of nitrogens with two attached hydrogens (primary N) is 1. The number of rotatable bonds is 7. The third kappa shape index (κ3) is 6.11.